The molecule has 2 rings (SSSR count). The van der Waals surface area contributed by atoms with Gasteiger partial charge in [0.1, 0.15) is 0 Å². The van der Waals surface area contributed by atoms with Gasteiger partial charge in [0.2, 0.25) is 0 Å². The van der Waals surface area contributed by atoms with Crippen molar-refractivity contribution >= 4 is 12.4 Å². The molecule has 0 aromatic carbocycles. The summed E-state index contributed by atoms with van der Waals surface area (Å²) in [6.07, 6.45) is 6.64. The highest BCUT2D eigenvalue weighted by Crippen LogP contribution is 2.22. The van der Waals surface area contributed by atoms with E-state index in [4.69, 9.17) is 5.73 Å². The molecule has 1 aliphatic rings. The molecule has 0 spiro atoms. The van der Waals surface area contributed by atoms with Crippen LogP contribution in [0.15, 0.2) is 12.4 Å². The summed E-state index contributed by atoms with van der Waals surface area (Å²) in [6.45, 7) is 8.40. The molecule has 2 atom stereocenters. The summed E-state index contributed by atoms with van der Waals surface area (Å²) in [4.78, 5) is 2.53. The summed E-state index contributed by atoms with van der Waals surface area (Å²) in [6, 6.07) is 0.556. The van der Waals surface area contributed by atoms with Crippen molar-refractivity contribution in [1.82, 2.24) is 14.7 Å². The topological polar surface area (TPSA) is 47.1 Å². The highest BCUT2D eigenvalue weighted by Gasteiger charge is 2.26. The van der Waals surface area contributed by atoms with E-state index < -0.39 is 0 Å². The van der Waals surface area contributed by atoms with Crippen LogP contribution in [0.4, 0.5) is 0 Å². The minimum Gasteiger partial charge on any atom is -0.329 e. The maximum absolute atomic E-state index is 5.89. The molecular weight excluding hydrogens is 248 g/mol. The molecule has 1 saturated heterocycles. The van der Waals surface area contributed by atoms with Gasteiger partial charge in [0.15, 0.2) is 0 Å². The van der Waals surface area contributed by atoms with Crippen molar-refractivity contribution in [3.05, 3.63) is 18.0 Å². The molecule has 0 aliphatic carbocycles. The Morgan fingerprint density at radius 1 is 1.44 bits per heavy atom. The van der Waals surface area contributed by atoms with Crippen LogP contribution in [0.2, 0.25) is 0 Å². The highest BCUT2D eigenvalue weighted by atomic mass is 35.5. The molecular formula is C13H25ClN4. The number of halogens is 1. The summed E-state index contributed by atoms with van der Waals surface area (Å²) in [5.74, 6) is 0.730. The molecule has 2 N–H and O–H groups in total. The summed E-state index contributed by atoms with van der Waals surface area (Å²) in [5, 5.41) is 4.33. The lowest BCUT2D eigenvalue weighted by molar-refractivity contribution is 0.101. The predicted octanol–water partition coefficient (Wildman–Crippen LogP) is 1.67. The van der Waals surface area contributed by atoms with Crippen LogP contribution in [0.1, 0.15) is 25.3 Å². The third kappa shape index (κ3) is 3.70. The number of aromatic nitrogens is 2. The molecule has 104 valence electrons. The van der Waals surface area contributed by atoms with Crippen LogP contribution in [0.5, 0.6) is 0 Å². The summed E-state index contributed by atoms with van der Waals surface area (Å²) >= 11 is 0. The third-order valence-corrected chi connectivity index (χ3v) is 3.85. The van der Waals surface area contributed by atoms with Crippen molar-refractivity contribution in [3.8, 4) is 0 Å². The molecule has 1 aromatic rings. The van der Waals surface area contributed by atoms with Crippen molar-refractivity contribution in [3.63, 3.8) is 0 Å². The lowest BCUT2D eigenvalue weighted by atomic mass is 9.91. The highest BCUT2D eigenvalue weighted by molar-refractivity contribution is 5.85. The lowest BCUT2D eigenvalue weighted by Crippen LogP contribution is -2.49. The normalized spacial score (nSPS) is 24.8. The average Bonchev–Trinajstić information content (AvgIpc) is 2.72. The number of hydrogen-bond acceptors (Lipinski definition) is 3. The van der Waals surface area contributed by atoms with Gasteiger partial charge in [0.25, 0.3) is 0 Å². The Labute approximate surface area is 116 Å². The van der Waals surface area contributed by atoms with Crippen LogP contribution < -0.4 is 5.73 Å². The van der Waals surface area contributed by atoms with Gasteiger partial charge in [-0.2, -0.15) is 5.10 Å². The molecule has 4 nitrogen and oxygen atoms in total. The fourth-order valence-corrected chi connectivity index (χ4v) is 2.81. The second kappa shape index (κ2) is 7.12. The molecule has 0 saturated carbocycles. The van der Waals surface area contributed by atoms with Crippen LogP contribution in [-0.2, 0) is 6.54 Å². The Balaban J connectivity index is 0.00000162. The van der Waals surface area contributed by atoms with Crippen LogP contribution in [0.3, 0.4) is 0 Å². The van der Waals surface area contributed by atoms with Crippen LogP contribution in [-0.4, -0.2) is 40.4 Å². The standard InChI is InChI=1S/C13H24N4.ClH/c1-11-9-15-17(10-11)7-6-16-5-3-4-12(2)13(16)8-14;/h9-10,12-13H,3-8,14H2,1-2H3;1H. The smallest absolute Gasteiger partial charge is 0.0536 e. The Morgan fingerprint density at radius 3 is 2.83 bits per heavy atom. The Kier molecular flexibility index (Phi) is 6.12. The molecule has 0 bridgehead atoms. The number of rotatable bonds is 4. The predicted molar refractivity (Wildman–Crippen MR) is 77.0 cm³/mol. The van der Waals surface area contributed by atoms with Gasteiger partial charge in [-0.3, -0.25) is 9.58 Å². The van der Waals surface area contributed by atoms with Gasteiger partial charge < -0.3 is 5.73 Å². The Morgan fingerprint density at radius 2 is 2.22 bits per heavy atom. The Hall–Kier alpha value is -0.580. The van der Waals surface area contributed by atoms with E-state index >= 15 is 0 Å². The zero-order valence-electron chi connectivity index (χ0n) is 11.4. The molecule has 18 heavy (non-hydrogen) atoms. The van der Waals surface area contributed by atoms with Gasteiger partial charge in [-0.25, -0.2) is 0 Å². The van der Waals surface area contributed by atoms with Gasteiger partial charge in [-0.05, 0) is 37.8 Å². The summed E-state index contributed by atoms with van der Waals surface area (Å²) < 4.78 is 2.03. The SMILES string of the molecule is Cc1cnn(CCN2CCCC(C)C2CN)c1.Cl. The monoisotopic (exact) mass is 272 g/mol. The van der Waals surface area contributed by atoms with E-state index in [9.17, 15) is 0 Å². The number of nitrogens with two attached hydrogens (primary N) is 1. The number of nitrogens with zero attached hydrogens (tertiary/aromatic N) is 3. The molecule has 1 fully saturated rings. The zero-order valence-corrected chi connectivity index (χ0v) is 12.2. The molecule has 2 unspecified atom stereocenters. The summed E-state index contributed by atoms with van der Waals surface area (Å²) in [5.41, 5.74) is 7.12. The van der Waals surface area contributed by atoms with E-state index in [0.717, 1.165) is 25.6 Å². The fraction of sp³-hybridized carbons (Fsp3) is 0.769. The second-order valence-corrected chi connectivity index (χ2v) is 5.24. The fourth-order valence-electron chi connectivity index (χ4n) is 2.81. The lowest BCUT2D eigenvalue weighted by Gasteiger charge is -2.39. The first-order valence-corrected chi connectivity index (χ1v) is 6.64. The van der Waals surface area contributed by atoms with E-state index in [0.29, 0.717) is 6.04 Å². The minimum atomic E-state index is 0. The van der Waals surface area contributed by atoms with Crippen molar-refractivity contribution in [1.29, 1.82) is 0 Å². The first-order chi connectivity index (χ1) is 8.20. The zero-order chi connectivity index (χ0) is 12.3. The van der Waals surface area contributed by atoms with Gasteiger partial charge in [0.05, 0.1) is 12.7 Å². The third-order valence-electron chi connectivity index (χ3n) is 3.85. The first-order valence-electron chi connectivity index (χ1n) is 6.64. The van der Waals surface area contributed by atoms with Crippen molar-refractivity contribution < 1.29 is 0 Å². The van der Waals surface area contributed by atoms with Crippen molar-refractivity contribution in [2.24, 2.45) is 11.7 Å². The maximum Gasteiger partial charge on any atom is 0.0536 e. The quantitative estimate of drug-likeness (QED) is 0.907. The first kappa shape index (κ1) is 15.5. The van der Waals surface area contributed by atoms with Crippen LogP contribution in [0, 0.1) is 12.8 Å². The number of hydrogen-bond donors (Lipinski definition) is 1. The maximum atomic E-state index is 5.89. The number of piperidine rings is 1. The molecule has 0 amide bonds. The molecule has 1 aliphatic heterocycles. The molecule has 0 radical (unpaired) electrons. The van der Waals surface area contributed by atoms with Gasteiger partial charge in [-0.1, -0.05) is 6.92 Å². The molecule has 2 heterocycles. The molecule has 1 aromatic heterocycles. The van der Waals surface area contributed by atoms with Crippen LogP contribution >= 0.6 is 12.4 Å². The van der Waals surface area contributed by atoms with Gasteiger partial charge in [0, 0.05) is 25.3 Å². The van der Waals surface area contributed by atoms with Crippen LogP contribution in [0.25, 0.3) is 0 Å². The minimum absolute atomic E-state index is 0. The average molecular weight is 273 g/mol. The van der Waals surface area contributed by atoms with Gasteiger partial charge in [-0.15, -0.1) is 12.4 Å². The van der Waals surface area contributed by atoms with E-state index in [1.54, 1.807) is 0 Å². The molecule has 5 heteroatoms. The van der Waals surface area contributed by atoms with Crippen molar-refractivity contribution in [2.45, 2.75) is 39.3 Å². The van der Waals surface area contributed by atoms with Crippen molar-refractivity contribution in [2.75, 3.05) is 19.6 Å². The number of likely N-dealkylation sites (tertiary alicyclic amines) is 1. The van der Waals surface area contributed by atoms with E-state index in [2.05, 4.69) is 30.0 Å². The van der Waals surface area contributed by atoms with E-state index in [1.807, 2.05) is 10.9 Å². The van der Waals surface area contributed by atoms with E-state index in [1.165, 1.54) is 24.9 Å². The van der Waals surface area contributed by atoms with E-state index in [-0.39, 0.29) is 12.4 Å². The summed E-state index contributed by atoms with van der Waals surface area (Å²) in [7, 11) is 0. The van der Waals surface area contributed by atoms with Gasteiger partial charge >= 0.3 is 0 Å². The largest absolute Gasteiger partial charge is 0.329 e. The number of aryl methyl sites for hydroxylation is 1. The second-order valence-electron chi connectivity index (χ2n) is 5.24. The Bertz CT molecular complexity index is 353.